The molecule has 0 saturated carbocycles. The highest BCUT2D eigenvalue weighted by Gasteiger charge is 2.36. The molecule has 0 saturated heterocycles. The van der Waals surface area contributed by atoms with E-state index >= 15 is 0 Å². The number of rotatable bonds is 12. The molecule has 148 heavy (non-hydrogen) atoms. The Morgan fingerprint density at radius 1 is 0.189 bits per heavy atom. The van der Waals surface area contributed by atoms with Gasteiger partial charge in [-0.15, -0.1) is 34.0 Å². The maximum Gasteiger partial charge on any atom is 0.0644 e. The first-order chi connectivity index (χ1) is 90.4. The van der Waals surface area contributed by atoms with Crippen molar-refractivity contribution in [3.63, 3.8) is 0 Å². The van der Waals surface area contributed by atoms with Crippen molar-refractivity contribution < 1.29 is 52.8 Å². The molecule has 3 aromatic heterocycles. The fourth-order valence-corrected chi connectivity index (χ4v) is 26.0. The largest absolute Gasteiger partial charge is 0.135 e. The summed E-state index contributed by atoms with van der Waals surface area (Å²) in [5.41, 5.74) is 27.5. The van der Waals surface area contributed by atoms with E-state index in [0.717, 1.165) is 167 Å². The third-order valence-corrected chi connectivity index (χ3v) is 32.5. The molecule has 1 aliphatic rings. The fourth-order valence-electron chi connectivity index (χ4n) is 22.3. The average Bonchev–Trinajstić information content (AvgIpc) is 1.29. The minimum absolute atomic E-state index is 0.0380. The lowest BCUT2D eigenvalue weighted by Crippen LogP contribution is -2.14. The van der Waals surface area contributed by atoms with Gasteiger partial charge in [-0.25, -0.2) is 0 Å². The zero-order valence-corrected chi connectivity index (χ0v) is 84.7. The van der Waals surface area contributed by atoms with E-state index in [1.165, 1.54) is 94.5 Å². The summed E-state index contributed by atoms with van der Waals surface area (Å²) in [5.74, 6) is 0. The molecule has 0 unspecified atom stereocenters. The summed E-state index contributed by atoms with van der Waals surface area (Å²) >= 11 is 5.03. The highest BCUT2D eigenvalue weighted by Crippen LogP contribution is 2.55. The van der Waals surface area contributed by atoms with Gasteiger partial charge in [-0.3, -0.25) is 0 Å². The summed E-state index contributed by atoms with van der Waals surface area (Å²) in [6.45, 7) is 4.65. The number of benzene rings is 25. The normalized spacial score (nSPS) is 13.9. The minimum Gasteiger partial charge on any atom is -0.135 e. The van der Waals surface area contributed by atoms with E-state index in [2.05, 4.69) is 214 Å². The maximum atomic E-state index is 9.47. The Hall–Kier alpha value is -17.3. The van der Waals surface area contributed by atoms with Gasteiger partial charge in [0.15, 0.2) is 0 Å². The minimum atomic E-state index is -0.0459. The van der Waals surface area contributed by atoms with Gasteiger partial charge in [-0.1, -0.05) is 541 Å². The van der Waals surface area contributed by atoms with Gasteiger partial charge in [0, 0.05) is 98.1 Å². The summed E-state index contributed by atoms with van der Waals surface area (Å²) in [7, 11) is 5.00. The molecule has 724 valence electrons. The molecular weight excluding hydrogens is 1840 g/mol. The van der Waals surface area contributed by atoms with Crippen molar-refractivity contribution in [2.75, 3.05) is 0 Å². The van der Waals surface area contributed by atoms with Crippen LogP contribution in [-0.4, -0.2) is 0 Å². The van der Waals surface area contributed by atoms with E-state index < -0.39 is 0 Å². The summed E-state index contributed by atoms with van der Waals surface area (Å²) < 4.78 is 253. The van der Waals surface area contributed by atoms with E-state index in [4.69, 9.17) is 45.9 Å². The Morgan fingerprint density at radius 3 is 1.16 bits per heavy atom. The molecule has 0 fully saturated rings. The van der Waals surface area contributed by atoms with Gasteiger partial charge in [-0.2, -0.15) is 0 Å². The lowest BCUT2D eigenvalue weighted by molar-refractivity contribution is 0.660. The van der Waals surface area contributed by atoms with Crippen molar-refractivity contribution in [3.05, 3.63) is 532 Å². The van der Waals surface area contributed by atoms with Crippen LogP contribution in [0.1, 0.15) is 107 Å². The molecule has 25 aromatic carbocycles. The van der Waals surface area contributed by atoms with Gasteiger partial charge in [0.25, 0.3) is 0 Å². The van der Waals surface area contributed by atoms with Crippen molar-refractivity contribution in [2.24, 2.45) is 0 Å². The van der Waals surface area contributed by atoms with Crippen LogP contribution >= 0.6 is 34.0 Å². The third kappa shape index (κ3) is 16.1. The van der Waals surface area contributed by atoms with E-state index in [9.17, 15) is 6.85 Å². The van der Waals surface area contributed by atoms with Crippen LogP contribution < -0.4 is 0 Å². The summed E-state index contributed by atoms with van der Waals surface area (Å²) in [5, 5.41) is 16.1. The third-order valence-electron chi connectivity index (χ3n) is 28.9. The summed E-state index contributed by atoms with van der Waals surface area (Å²) in [6.07, 6.45) is 0. The number of hydrogen-bond acceptors (Lipinski definition) is 3. The molecule has 29 rings (SSSR count). The molecule has 0 bridgehead atoms. The molecule has 0 radical (unpaired) electrons. The molecule has 0 N–H and O–H groups in total. The Bertz CT molecular complexity index is 10900. The van der Waals surface area contributed by atoms with Gasteiger partial charge < -0.3 is 0 Å². The average molecular weight is 2000 g/mol. The zero-order valence-electron chi connectivity index (χ0n) is 119. The lowest BCUT2D eigenvalue weighted by atomic mass is 9.82. The van der Waals surface area contributed by atoms with Gasteiger partial charge >= 0.3 is 0 Å². The van der Waals surface area contributed by atoms with E-state index in [-0.39, 0.29) is 84.0 Å². The van der Waals surface area contributed by atoms with Crippen molar-refractivity contribution in [1.29, 1.82) is 0 Å². The Labute approximate surface area is 932 Å². The number of hydrogen-bond donors (Lipinski definition) is 0. The summed E-state index contributed by atoms with van der Waals surface area (Å²) in [6, 6.07) is 146. The Kier molecular flexibility index (Phi) is 17.9. The van der Waals surface area contributed by atoms with E-state index in [1.807, 2.05) is 181 Å². The molecule has 0 amide bonds. The first-order valence-corrected chi connectivity index (χ1v) is 50.9. The van der Waals surface area contributed by atoms with Gasteiger partial charge in [0.05, 0.1) is 20.6 Å². The number of fused-ring (bicyclic) bond motifs is 18. The smallest absolute Gasteiger partial charge is 0.0644 e. The fraction of sp³-hybridized carbons (Fsp3) is 0.0483. The van der Waals surface area contributed by atoms with Crippen molar-refractivity contribution in [1.82, 2.24) is 0 Å². The molecule has 0 spiro atoms. The molecule has 1 aliphatic carbocycles. The van der Waals surface area contributed by atoms with E-state index in [1.54, 1.807) is 72.0 Å². The first-order valence-electron chi connectivity index (χ1n) is 69.0. The SMILES string of the molecule is [2H]C.[2H]C.[2H]C.[2H]C.[2H][2H].[2H][2H].[2H][2H].[2H][2H].[2H][2H].[2H][2H].[2H][2H].[2H][2H].[2H][2H].[2H]c1c(-c2ccc(-c3c4ccccc4c(-c4ccccc4)c4c([2H])cccc34)cc2)c([2H])c2sc3cc(-c4ccccc4)ccc3c2c1[2H].[2H]c1ccc(-c2cccc3c2sc2c(-c4cc([2H])c(-c5c6cc([2H])c([2H])cc6c(-c6ccccc6)c6cc([2H])c([2H])cc56)cc4[2H])cccc23)cc1.[2H]c1ccc2c(-c3ccc(-c4ccc(-c5ccc6c(c5)-c5ccccc5C6(C)C)c5sc6ccccc6c45)cc3)c3c([2H])c([2H])ccc3c(-c3ccccc3)c2c1[2H]. The van der Waals surface area contributed by atoms with Crippen LogP contribution in [0.2, 0.25) is 0 Å². The zero-order chi connectivity index (χ0) is 135. The maximum absolute atomic E-state index is 9.47. The van der Waals surface area contributed by atoms with Crippen LogP contribution in [0.4, 0.5) is 0 Å². The van der Waals surface area contributed by atoms with Crippen LogP contribution in [-0.2, 0) is 5.41 Å². The topological polar surface area (TPSA) is 0 Å². The Morgan fingerprint density at radius 2 is 0.574 bits per heavy atom. The quantitative estimate of drug-likeness (QED) is 0.107. The van der Waals surface area contributed by atoms with Crippen LogP contribution in [0, 0.1) is 0 Å². The van der Waals surface area contributed by atoms with Crippen molar-refractivity contribution >= 4 is 159 Å². The van der Waals surface area contributed by atoms with Gasteiger partial charge in [0.1, 0.15) is 0 Å². The van der Waals surface area contributed by atoms with Gasteiger partial charge in [0.2, 0.25) is 0 Å². The number of thiophene rings is 3. The van der Waals surface area contributed by atoms with Crippen LogP contribution in [0.25, 0.3) is 270 Å². The molecular formula is C145H126S3. The molecule has 0 nitrogen and oxygen atoms in total. The molecule has 28 aromatic rings. The van der Waals surface area contributed by atoms with Crippen LogP contribution in [0.3, 0.4) is 0 Å². The summed E-state index contributed by atoms with van der Waals surface area (Å²) in [4.78, 5) is 0. The highest BCUT2D eigenvalue weighted by molar-refractivity contribution is 7.27. The predicted molar refractivity (Wildman–Crippen MR) is 672 cm³/mol. The second-order valence-electron chi connectivity index (χ2n) is 37.3. The predicted octanol–water partition coefficient (Wildman–Crippen LogP) is 46.2. The van der Waals surface area contributed by atoms with Crippen molar-refractivity contribution in [2.45, 2.75) is 48.9 Å². The van der Waals surface area contributed by atoms with E-state index in [0.29, 0.717) is 72.0 Å². The van der Waals surface area contributed by atoms with Gasteiger partial charge in [-0.05, 0) is 245 Å². The standard InChI is InChI=1S/C53H36S.2C44H28S.4CH4.9H2/c1-53(2)46-22-12-10-16-39(46)45-32-36(28-31-47(45)53)38-30-29-37(51-44-21-11-13-23-48(44)54-52(38)51)33-24-26-35(27-25-33)50-42-19-8-6-17-40(42)49(34-14-4-3-5-15-34)41-18-7-9-20-43(41)50;1-3-13-29(14-4-1)33-21-11-23-39-40-24-12-22-34(44(40)45-43(33)39)30-25-27-32(28-26-30)42-37-19-9-7-17-35(37)41(31-15-5-2-6-16-31)36-18-8-10-20-38(36)42;1-3-11-29(12-4-1)33-23-25-35-36-26-24-34(28-42(36)45-41(35)27-33)30-19-21-32(22-20-30)44-39-17-9-7-15-37(39)43(31-13-5-2-6-14-31)38-16-8-10-18-40(38)44;;;;;;;;;;;;;/h3-32H,1-2H3;2*1-28H;4*1H4;9*1H/i6D,9D,17D,20D;1D,7D,8D,9D,10D,25D,28D;15D,24D,26D,28D;4*1D;9*1+1D. The second kappa shape index (κ2) is 39.3. The monoisotopic (exact) mass is 2000 g/mol. The highest BCUT2D eigenvalue weighted by atomic mass is 32.1. The molecule has 3 heteroatoms. The second-order valence-corrected chi connectivity index (χ2v) is 40.4. The molecule has 0 atom stereocenters. The van der Waals surface area contributed by atoms with Crippen LogP contribution in [0.15, 0.2) is 521 Å². The van der Waals surface area contributed by atoms with Crippen molar-refractivity contribution in [3.8, 4) is 145 Å². The molecule has 0 aliphatic heterocycles. The Balaban J connectivity index is 0.000000195. The first kappa shape index (κ1) is 67.4. The molecule has 3 heterocycles. The lowest BCUT2D eigenvalue weighted by Gasteiger charge is -2.21. The van der Waals surface area contributed by atoms with Crippen LogP contribution in [0.5, 0.6) is 0 Å².